The summed E-state index contributed by atoms with van der Waals surface area (Å²) >= 11 is 3.17. The molecule has 15 heavy (non-hydrogen) atoms. The lowest BCUT2D eigenvalue weighted by molar-refractivity contribution is 0.0595. The molecule has 0 fully saturated rings. The van der Waals surface area contributed by atoms with Gasteiger partial charge in [0.05, 0.1) is 12.6 Å². The van der Waals surface area contributed by atoms with Crippen LogP contribution in [0.25, 0.3) is 10.9 Å². The largest absolute Gasteiger partial charge is 0.464 e. The normalized spacial score (nSPS) is 10.6. The summed E-state index contributed by atoms with van der Waals surface area (Å²) in [5, 5.41) is 0.374. The summed E-state index contributed by atoms with van der Waals surface area (Å²) in [6, 6.07) is 4.48. The maximum Gasteiger partial charge on any atom is 0.354 e. The number of carbonyl (C=O) groups excluding carboxylic acids is 1. The van der Waals surface area contributed by atoms with Gasteiger partial charge in [0.1, 0.15) is 11.5 Å². The van der Waals surface area contributed by atoms with E-state index >= 15 is 0 Å². The van der Waals surface area contributed by atoms with Crippen LogP contribution in [-0.4, -0.2) is 18.1 Å². The second kappa shape index (κ2) is 3.66. The van der Waals surface area contributed by atoms with E-state index in [1.54, 1.807) is 6.07 Å². The molecule has 0 spiro atoms. The first-order chi connectivity index (χ1) is 7.11. The standard InChI is InChI=1S/C10H7BrFNO2/c1-15-10(14)9-4-6-7(12)2-5(11)3-8(6)13-9/h2-4,13H,1H3. The number of aromatic nitrogens is 1. The number of aromatic amines is 1. The van der Waals surface area contributed by atoms with Crippen LogP contribution in [0.3, 0.4) is 0 Å². The highest BCUT2D eigenvalue weighted by Crippen LogP contribution is 2.24. The van der Waals surface area contributed by atoms with Gasteiger partial charge in [-0.25, -0.2) is 9.18 Å². The molecule has 0 amide bonds. The molecule has 0 saturated heterocycles. The summed E-state index contributed by atoms with van der Waals surface area (Å²) in [4.78, 5) is 14.0. The van der Waals surface area contributed by atoms with E-state index in [9.17, 15) is 9.18 Å². The van der Waals surface area contributed by atoms with E-state index in [0.29, 0.717) is 15.4 Å². The molecule has 78 valence electrons. The van der Waals surface area contributed by atoms with Crippen LogP contribution in [0.1, 0.15) is 10.5 Å². The molecule has 2 aromatic rings. The second-order valence-electron chi connectivity index (χ2n) is 3.02. The Bertz CT molecular complexity index is 535. The first-order valence-corrected chi connectivity index (χ1v) is 4.97. The third-order valence-electron chi connectivity index (χ3n) is 2.06. The topological polar surface area (TPSA) is 42.1 Å². The van der Waals surface area contributed by atoms with Gasteiger partial charge in [-0.1, -0.05) is 15.9 Å². The molecule has 0 aliphatic heterocycles. The summed E-state index contributed by atoms with van der Waals surface area (Å²) in [5.74, 6) is -0.896. The zero-order valence-corrected chi connectivity index (χ0v) is 9.39. The van der Waals surface area contributed by atoms with E-state index in [2.05, 4.69) is 25.7 Å². The van der Waals surface area contributed by atoms with Gasteiger partial charge in [-0.05, 0) is 18.2 Å². The molecule has 1 heterocycles. The number of carbonyl (C=O) groups is 1. The molecule has 0 bridgehead atoms. The van der Waals surface area contributed by atoms with Crippen molar-refractivity contribution in [3.05, 3.63) is 34.2 Å². The Labute approximate surface area is 93.4 Å². The van der Waals surface area contributed by atoms with E-state index in [0.717, 1.165) is 0 Å². The van der Waals surface area contributed by atoms with Crippen molar-refractivity contribution in [1.82, 2.24) is 4.98 Å². The van der Waals surface area contributed by atoms with Crippen molar-refractivity contribution in [3.8, 4) is 0 Å². The van der Waals surface area contributed by atoms with Crippen molar-refractivity contribution in [2.45, 2.75) is 0 Å². The first kappa shape index (κ1) is 10.2. The van der Waals surface area contributed by atoms with Crippen LogP contribution in [0.4, 0.5) is 4.39 Å². The molecule has 2 rings (SSSR count). The molecule has 0 atom stereocenters. The summed E-state index contributed by atoms with van der Waals surface area (Å²) < 4.78 is 18.6. The van der Waals surface area contributed by atoms with Crippen molar-refractivity contribution in [1.29, 1.82) is 0 Å². The minimum atomic E-state index is -0.512. The van der Waals surface area contributed by atoms with Crippen LogP contribution >= 0.6 is 15.9 Å². The molecule has 0 saturated carbocycles. The number of ether oxygens (including phenoxy) is 1. The van der Waals surface area contributed by atoms with Gasteiger partial charge >= 0.3 is 5.97 Å². The van der Waals surface area contributed by atoms with Gasteiger partial charge in [0.15, 0.2) is 0 Å². The Morgan fingerprint density at radius 1 is 1.47 bits per heavy atom. The number of methoxy groups -OCH3 is 1. The summed E-state index contributed by atoms with van der Waals surface area (Å²) in [6.45, 7) is 0. The van der Waals surface area contributed by atoms with Gasteiger partial charge in [-0.15, -0.1) is 0 Å². The molecule has 5 heteroatoms. The third-order valence-corrected chi connectivity index (χ3v) is 2.52. The van der Waals surface area contributed by atoms with Crippen LogP contribution in [0.2, 0.25) is 0 Å². The summed E-state index contributed by atoms with van der Waals surface area (Å²) in [7, 11) is 1.28. The number of esters is 1. The molecule has 1 aromatic heterocycles. The van der Waals surface area contributed by atoms with Crippen molar-refractivity contribution in [3.63, 3.8) is 0 Å². The maximum absolute atomic E-state index is 13.4. The number of hydrogen-bond acceptors (Lipinski definition) is 2. The molecule has 0 unspecified atom stereocenters. The van der Waals surface area contributed by atoms with Crippen LogP contribution in [-0.2, 0) is 4.74 Å². The van der Waals surface area contributed by atoms with Crippen LogP contribution < -0.4 is 0 Å². The molecule has 0 aliphatic carbocycles. The molecule has 0 aliphatic rings. The van der Waals surface area contributed by atoms with Crippen molar-refractivity contribution in [2.75, 3.05) is 7.11 Å². The number of halogens is 2. The van der Waals surface area contributed by atoms with Crippen LogP contribution in [0.15, 0.2) is 22.7 Å². The van der Waals surface area contributed by atoms with E-state index in [1.165, 1.54) is 19.2 Å². The number of benzene rings is 1. The molecule has 3 nitrogen and oxygen atoms in total. The van der Waals surface area contributed by atoms with E-state index in [1.807, 2.05) is 0 Å². The zero-order valence-electron chi connectivity index (χ0n) is 7.80. The zero-order chi connectivity index (χ0) is 11.0. The molecule has 0 radical (unpaired) electrons. The SMILES string of the molecule is COC(=O)c1cc2c(F)cc(Br)cc2[nH]1. The van der Waals surface area contributed by atoms with Crippen LogP contribution in [0.5, 0.6) is 0 Å². The first-order valence-electron chi connectivity index (χ1n) is 4.18. The fraction of sp³-hybridized carbons (Fsp3) is 0.100. The number of fused-ring (bicyclic) bond motifs is 1. The Morgan fingerprint density at radius 3 is 2.87 bits per heavy atom. The maximum atomic E-state index is 13.4. The van der Waals surface area contributed by atoms with Crippen molar-refractivity contribution in [2.24, 2.45) is 0 Å². The molecule has 1 aromatic carbocycles. The van der Waals surface area contributed by atoms with Gasteiger partial charge in [0.25, 0.3) is 0 Å². The lowest BCUT2D eigenvalue weighted by Gasteiger charge is -1.93. The number of hydrogen-bond donors (Lipinski definition) is 1. The van der Waals surface area contributed by atoms with E-state index < -0.39 is 5.97 Å². The average molecular weight is 272 g/mol. The number of rotatable bonds is 1. The Kier molecular flexibility index (Phi) is 2.48. The Balaban J connectivity index is 2.65. The van der Waals surface area contributed by atoms with Gasteiger partial charge in [0.2, 0.25) is 0 Å². The quantitative estimate of drug-likeness (QED) is 0.811. The number of nitrogens with one attached hydrogen (secondary N) is 1. The highest BCUT2D eigenvalue weighted by Gasteiger charge is 2.12. The Morgan fingerprint density at radius 2 is 2.20 bits per heavy atom. The lowest BCUT2D eigenvalue weighted by atomic mass is 10.2. The summed E-state index contributed by atoms with van der Waals surface area (Å²) in [6.07, 6.45) is 0. The minimum Gasteiger partial charge on any atom is -0.464 e. The molecular formula is C10H7BrFNO2. The molecular weight excluding hydrogens is 265 g/mol. The predicted octanol–water partition coefficient (Wildman–Crippen LogP) is 2.86. The average Bonchev–Trinajstić information content (AvgIpc) is 2.60. The minimum absolute atomic E-state index is 0.240. The van der Waals surface area contributed by atoms with Gasteiger partial charge in [-0.2, -0.15) is 0 Å². The molecule has 1 N–H and O–H groups in total. The smallest absolute Gasteiger partial charge is 0.354 e. The lowest BCUT2D eigenvalue weighted by Crippen LogP contribution is -2.00. The van der Waals surface area contributed by atoms with Crippen molar-refractivity contribution < 1.29 is 13.9 Å². The van der Waals surface area contributed by atoms with E-state index in [4.69, 9.17) is 0 Å². The summed E-state index contributed by atoms with van der Waals surface area (Å²) in [5.41, 5.74) is 0.798. The van der Waals surface area contributed by atoms with Crippen LogP contribution in [0, 0.1) is 5.82 Å². The monoisotopic (exact) mass is 271 g/mol. The van der Waals surface area contributed by atoms with Crippen molar-refractivity contribution >= 4 is 32.8 Å². The highest BCUT2D eigenvalue weighted by atomic mass is 79.9. The number of H-pyrrole nitrogens is 1. The van der Waals surface area contributed by atoms with Gasteiger partial charge in [-0.3, -0.25) is 0 Å². The van der Waals surface area contributed by atoms with Gasteiger partial charge in [0, 0.05) is 9.86 Å². The fourth-order valence-electron chi connectivity index (χ4n) is 1.38. The third kappa shape index (κ3) is 1.74. The Hall–Kier alpha value is -1.36. The fourth-order valence-corrected chi connectivity index (χ4v) is 1.81. The highest BCUT2D eigenvalue weighted by molar-refractivity contribution is 9.10. The van der Waals surface area contributed by atoms with E-state index in [-0.39, 0.29) is 11.5 Å². The van der Waals surface area contributed by atoms with Gasteiger partial charge < -0.3 is 9.72 Å². The predicted molar refractivity (Wildman–Crippen MR) is 57.3 cm³/mol. The second-order valence-corrected chi connectivity index (χ2v) is 3.94.